The molecule has 3 rings (SSSR count). The van der Waals surface area contributed by atoms with Gasteiger partial charge in [0.15, 0.2) is 0 Å². The van der Waals surface area contributed by atoms with Crippen LogP contribution in [0.25, 0.3) is 0 Å². The molecule has 3 aromatic carbocycles. The summed E-state index contributed by atoms with van der Waals surface area (Å²) in [6, 6.07) is 23.1. The van der Waals surface area contributed by atoms with Gasteiger partial charge in [-0.05, 0) is 30.7 Å². The second kappa shape index (κ2) is 7.72. The maximum absolute atomic E-state index is 12.9. The first-order valence-electron chi connectivity index (χ1n) is 8.28. The molecule has 4 nitrogen and oxygen atoms in total. The molecule has 0 heterocycles. The number of benzene rings is 3. The Hall–Kier alpha value is -2.63. The molecule has 1 N–H and O–H groups in total. The molecule has 0 aliphatic rings. The average Bonchev–Trinajstić information content (AvgIpc) is 2.67. The molecule has 134 valence electrons. The number of methoxy groups -OCH3 is 1. The summed E-state index contributed by atoms with van der Waals surface area (Å²) in [5.74, 6) is 0.632. The smallest absolute Gasteiger partial charge is 0.241 e. The third-order valence-electron chi connectivity index (χ3n) is 4.19. The van der Waals surface area contributed by atoms with E-state index in [0.717, 1.165) is 16.7 Å². The molecule has 0 fully saturated rings. The van der Waals surface area contributed by atoms with Crippen LogP contribution in [0, 0.1) is 6.92 Å². The number of hydrogen-bond donors (Lipinski definition) is 1. The molecule has 0 spiro atoms. The molecule has 0 aliphatic heterocycles. The average molecular weight is 367 g/mol. The number of hydrogen-bond acceptors (Lipinski definition) is 3. The zero-order valence-corrected chi connectivity index (χ0v) is 15.5. The van der Waals surface area contributed by atoms with Crippen molar-refractivity contribution in [2.24, 2.45) is 0 Å². The van der Waals surface area contributed by atoms with Gasteiger partial charge < -0.3 is 4.74 Å². The third-order valence-corrected chi connectivity index (χ3v) is 5.63. The van der Waals surface area contributed by atoms with Gasteiger partial charge in [-0.25, -0.2) is 8.42 Å². The van der Waals surface area contributed by atoms with Gasteiger partial charge in [0.05, 0.1) is 18.0 Å². The van der Waals surface area contributed by atoms with Gasteiger partial charge in [-0.1, -0.05) is 66.2 Å². The molecular weight excluding hydrogens is 346 g/mol. The van der Waals surface area contributed by atoms with E-state index in [4.69, 9.17) is 4.74 Å². The number of sulfonamides is 1. The SMILES string of the molecule is COc1ccccc1[C@H](NS(=O)(=O)c1ccc(C)cc1)c1ccccc1. The molecule has 0 unspecified atom stereocenters. The van der Waals surface area contributed by atoms with Crippen LogP contribution in [0.2, 0.25) is 0 Å². The van der Waals surface area contributed by atoms with Gasteiger partial charge in [0.25, 0.3) is 0 Å². The van der Waals surface area contributed by atoms with Gasteiger partial charge >= 0.3 is 0 Å². The lowest BCUT2D eigenvalue weighted by molar-refractivity contribution is 0.406. The molecule has 0 bridgehead atoms. The van der Waals surface area contributed by atoms with E-state index in [0.29, 0.717) is 5.75 Å². The number of rotatable bonds is 6. The highest BCUT2D eigenvalue weighted by Gasteiger charge is 2.25. The Morgan fingerprint density at radius 2 is 1.46 bits per heavy atom. The van der Waals surface area contributed by atoms with Crippen LogP contribution < -0.4 is 9.46 Å². The fourth-order valence-corrected chi connectivity index (χ4v) is 4.01. The summed E-state index contributed by atoms with van der Waals surface area (Å²) < 4.78 is 34.2. The van der Waals surface area contributed by atoms with Crippen LogP contribution in [0.15, 0.2) is 83.8 Å². The van der Waals surface area contributed by atoms with E-state index in [2.05, 4.69) is 4.72 Å². The minimum absolute atomic E-state index is 0.235. The largest absolute Gasteiger partial charge is 0.496 e. The van der Waals surface area contributed by atoms with E-state index in [1.165, 1.54) is 0 Å². The predicted molar refractivity (Wildman–Crippen MR) is 103 cm³/mol. The Kier molecular flexibility index (Phi) is 5.40. The molecule has 0 aromatic heterocycles. The molecule has 26 heavy (non-hydrogen) atoms. The number of nitrogens with one attached hydrogen (secondary N) is 1. The maximum Gasteiger partial charge on any atom is 0.241 e. The lowest BCUT2D eigenvalue weighted by atomic mass is 9.99. The Balaban J connectivity index is 2.06. The van der Waals surface area contributed by atoms with Crippen molar-refractivity contribution in [2.45, 2.75) is 17.9 Å². The molecule has 3 aromatic rings. The molecular formula is C21H21NO3S. The Labute approximate surface area is 154 Å². The zero-order valence-electron chi connectivity index (χ0n) is 14.7. The number of aryl methyl sites for hydroxylation is 1. The molecule has 5 heteroatoms. The number of para-hydroxylation sites is 1. The Morgan fingerprint density at radius 1 is 0.846 bits per heavy atom. The second-order valence-electron chi connectivity index (χ2n) is 6.02. The van der Waals surface area contributed by atoms with E-state index >= 15 is 0 Å². The summed E-state index contributed by atoms with van der Waals surface area (Å²) in [4.78, 5) is 0.235. The van der Waals surface area contributed by atoms with Gasteiger partial charge in [0.1, 0.15) is 5.75 Å². The van der Waals surface area contributed by atoms with Crippen molar-refractivity contribution in [1.82, 2.24) is 4.72 Å². The summed E-state index contributed by atoms with van der Waals surface area (Å²) in [6.07, 6.45) is 0. The van der Waals surface area contributed by atoms with Crippen LogP contribution in [0.4, 0.5) is 0 Å². The normalized spacial score (nSPS) is 12.5. The summed E-state index contributed by atoms with van der Waals surface area (Å²) in [6.45, 7) is 1.92. The zero-order chi connectivity index (χ0) is 18.6. The standard InChI is InChI=1S/C21H21NO3S/c1-16-12-14-18(15-13-16)26(23,24)22-21(17-8-4-3-5-9-17)19-10-6-7-11-20(19)25-2/h3-15,21-22H,1-2H3/t21-/m1/s1. The maximum atomic E-state index is 12.9. The summed E-state index contributed by atoms with van der Waals surface area (Å²) in [7, 11) is -2.12. The fraction of sp³-hybridized carbons (Fsp3) is 0.143. The van der Waals surface area contributed by atoms with E-state index < -0.39 is 16.1 Å². The van der Waals surface area contributed by atoms with Crippen LogP contribution in [0.3, 0.4) is 0 Å². The van der Waals surface area contributed by atoms with Crippen LogP contribution >= 0.6 is 0 Å². The fourth-order valence-electron chi connectivity index (χ4n) is 2.80. The summed E-state index contributed by atoms with van der Waals surface area (Å²) >= 11 is 0. The summed E-state index contributed by atoms with van der Waals surface area (Å²) in [5.41, 5.74) is 2.61. The molecule has 1 atom stereocenters. The topological polar surface area (TPSA) is 55.4 Å². The first-order chi connectivity index (χ1) is 12.5. The second-order valence-corrected chi connectivity index (χ2v) is 7.73. The minimum Gasteiger partial charge on any atom is -0.496 e. The predicted octanol–water partition coefficient (Wildman–Crippen LogP) is 4.07. The molecule has 0 amide bonds. The van der Waals surface area contributed by atoms with Gasteiger partial charge in [0, 0.05) is 5.56 Å². The van der Waals surface area contributed by atoms with Crippen molar-refractivity contribution in [1.29, 1.82) is 0 Å². The Morgan fingerprint density at radius 3 is 2.12 bits per heavy atom. The van der Waals surface area contributed by atoms with Crippen molar-refractivity contribution in [3.05, 3.63) is 95.6 Å². The molecule has 0 radical (unpaired) electrons. The highest BCUT2D eigenvalue weighted by molar-refractivity contribution is 7.89. The van der Waals surface area contributed by atoms with E-state index in [1.54, 1.807) is 31.4 Å². The molecule has 0 saturated carbocycles. The molecule has 0 saturated heterocycles. The van der Waals surface area contributed by atoms with Crippen molar-refractivity contribution >= 4 is 10.0 Å². The van der Waals surface area contributed by atoms with Crippen molar-refractivity contribution in [2.75, 3.05) is 7.11 Å². The lowest BCUT2D eigenvalue weighted by Gasteiger charge is -2.22. The van der Waals surface area contributed by atoms with E-state index in [9.17, 15) is 8.42 Å². The number of ether oxygens (including phenoxy) is 1. The van der Waals surface area contributed by atoms with Crippen LogP contribution in [-0.2, 0) is 10.0 Å². The highest BCUT2D eigenvalue weighted by Crippen LogP contribution is 2.31. The Bertz CT molecular complexity index is 968. The van der Waals surface area contributed by atoms with Crippen molar-refractivity contribution in [3.8, 4) is 5.75 Å². The van der Waals surface area contributed by atoms with Crippen molar-refractivity contribution < 1.29 is 13.2 Å². The van der Waals surface area contributed by atoms with E-state index in [-0.39, 0.29) is 4.90 Å². The minimum atomic E-state index is -3.70. The lowest BCUT2D eigenvalue weighted by Crippen LogP contribution is -2.29. The quantitative estimate of drug-likeness (QED) is 0.714. The van der Waals surface area contributed by atoms with Gasteiger partial charge in [-0.3, -0.25) is 0 Å². The van der Waals surface area contributed by atoms with Gasteiger partial charge in [-0.2, -0.15) is 4.72 Å². The third kappa shape index (κ3) is 3.95. The van der Waals surface area contributed by atoms with E-state index in [1.807, 2.05) is 61.5 Å². The van der Waals surface area contributed by atoms with Crippen LogP contribution in [-0.4, -0.2) is 15.5 Å². The first kappa shape index (κ1) is 18.2. The van der Waals surface area contributed by atoms with Crippen molar-refractivity contribution in [3.63, 3.8) is 0 Å². The van der Waals surface area contributed by atoms with Crippen LogP contribution in [0.5, 0.6) is 5.75 Å². The monoisotopic (exact) mass is 367 g/mol. The summed E-state index contributed by atoms with van der Waals surface area (Å²) in [5, 5.41) is 0. The van der Waals surface area contributed by atoms with Gasteiger partial charge in [-0.15, -0.1) is 0 Å². The molecule has 0 aliphatic carbocycles. The van der Waals surface area contributed by atoms with Gasteiger partial charge in [0.2, 0.25) is 10.0 Å². The highest BCUT2D eigenvalue weighted by atomic mass is 32.2. The van der Waals surface area contributed by atoms with Crippen LogP contribution in [0.1, 0.15) is 22.7 Å². The first-order valence-corrected chi connectivity index (χ1v) is 9.76.